The second kappa shape index (κ2) is 7.14. The predicted molar refractivity (Wildman–Crippen MR) is 75.1 cm³/mol. The molecule has 0 atom stereocenters. The first-order chi connectivity index (χ1) is 9.29. The van der Waals surface area contributed by atoms with E-state index in [0.717, 1.165) is 31.6 Å². The molecule has 0 unspecified atom stereocenters. The lowest BCUT2D eigenvalue weighted by atomic mass is 10.1. The maximum absolute atomic E-state index is 11.6. The monoisotopic (exact) mass is 262 g/mol. The minimum atomic E-state index is 0.258. The molecule has 0 aliphatic carbocycles. The third-order valence-electron chi connectivity index (χ3n) is 3.41. The molecule has 0 aromatic heterocycles. The van der Waals surface area contributed by atoms with E-state index in [1.807, 2.05) is 29.2 Å². The first kappa shape index (κ1) is 13.9. The number of carbonyl (C=O) groups is 1. The average molecular weight is 262 g/mol. The number of likely N-dealkylation sites (tertiary alicyclic amines) is 1. The summed E-state index contributed by atoms with van der Waals surface area (Å²) in [5.41, 5.74) is 6.73. The van der Waals surface area contributed by atoms with Crippen molar-refractivity contribution in [2.75, 3.05) is 26.2 Å². The summed E-state index contributed by atoms with van der Waals surface area (Å²) < 4.78 is 5.67. The van der Waals surface area contributed by atoms with Gasteiger partial charge >= 0.3 is 0 Å². The largest absolute Gasteiger partial charge is 0.492 e. The van der Waals surface area contributed by atoms with Gasteiger partial charge in [-0.15, -0.1) is 0 Å². The maximum Gasteiger partial charge on any atom is 0.222 e. The normalized spacial score (nSPS) is 15.6. The number of nitrogens with zero attached hydrogens (tertiary/aromatic N) is 1. The Hall–Kier alpha value is -1.55. The molecular formula is C15H22N2O2. The molecule has 0 radical (unpaired) electrons. The Morgan fingerprint density at radius 3 is 2.68 bits per heavy atom. The van der Waals surface area contributed by atoms with Crippen LogP contribution in [-0.4, -0.2) is 37.0 Å². The number of nitrogens with two attached hydrogens (primary N) is 1. The third-order valence-corrected chi connectivity index (χ3v) is 3.41. The second-order valence-corrected chi connectivity index (χ2v) is 4.87. The Morgan fingerprint density at radius 1 is 1.21 bits per heavy atom. The van der Waals surface area contributed by atoms with Gasteiger partial charge in [-0.3, -0.25) is 4.79 Å². The Bertz CT molecular complexity index is 403. The fraction of sp³-hybridized carbons (Fsp3) is 0.533. The molecule has 1 aromatic carbocycles. The maximum atomic E-state index is 11.6. The Morgan fingerprint density at radius 2 is 2.00 bits per heavy atom. The summed E-state index contributed by atoms with van der Waals surface area (Å²) in [5, 5.41) is 0. The highest BCUT2D eigenvalue weighted by Crippen LogP contribution is 2.13. The standard InChI is InChI=1S/C15H22N2O2/c16-9-8-13-4-6-14(7-5-13)19-12-11-17-10-2-1-3-15(17)18/h4-7H,1-3,8-12,16H2. The molecule has 1 aromatic rings. The van der Waals surface area contributed by atoms with Gasteiger partial charge in [0.25, 0.3) is 0 Å². The van der Waals surface area contributed by atoms with Gasteiger partial charge in [0, 0.05) is 13.0 Å². The zero-order chi connectivity index (χ0) is 13.5. The molecule has 0 spiro atoms. The number of hydrogen-bond donors (Lipinski definition) is 1. The summed E-state index contributed by atoms with van der Waals surface area (Å²) >= 11 is 0. The predicted octanol–water partition coefficient (Wildman–Crippen LogP) is 1.58. The SMILES string of the molecule is NCCc1ccc(OCCN2CCCCC2=O)cc1. The molecule has 2 rings (SSSR count). The molecule has 1 aliphatic rings. The van der Waals surface area contributed by atoms with Crippen molar-refractivity contribution in [3.8, 4) is 5.75 Å². The summed E-state index contributed by atoms with van der Waals surface area (Å²) in [5.74, 6) is 1.11. The highest BCUT2D eigenvalue weighted by molar-refractivity contribution is 5.76. The van der Waals surface area contributed by atoms with Crippen LogP contribution in [-0.2, 0) is 11.2 Å². The van der Waals surface area contributed by atoms with Crippen molar-refractivity contribution in [1.82, 2.24) is 4.90 Å². The van der Waals surface area contributed by atoms with Gasteiger partial charge in [0.1, 0.15) is 12.4 Å². The summed E-state index contributed by atoms with van der Waals surface area (Å²) in [6, 6.07) is 7.99. The van der Waals surface area contributed by atoms with Gasteiger partial charge in [0.05, 0.1) is 6.54 Å². The van der Waals surface area contributed by atoms with Gasteiger partial charge in [-0.05, 0) is 43.5 Å². The molecule has 4 heteroatoms. The van der Waals surface area contributed by atoms with E-state index in [0.29, 0.717) is 26.1 Å². The van der Waals surface area contributed by atoms with E-state index in [2.05, 4.69) is 0 Å². The van der Waals surface area contributed by atoms with Crippen molar-refractivity contribution < 1.29 is 9.53 Å². The van der Waals surface area contributed by atoms with Crippen molar-refractivity contribution in [3.05, 3.63) is 29.8 Å². The zero-order valence-electron chi connectivity index (χ0n) is 11.3. The number of hydrogen-bond acceptors (Lipinski definition) is 3. The first-order valence-electron chi connectivity index (χ1n) is 6.99. The summed E-state index contributed by atoms with van der Waals surface area (Å²) in [6.07, 6.45) is 3.72. The summed E-state index contributed by atoms with van der Waals surface area (Å²) in [7, 11) is 0. The van der Waals surface area contributed by atoms with Crippen molar-refractivity contribution in [3.63, 3.8) is 0 Å². The van der Waals surface area contributed by atoms with E-state index in [9.17, 15) is 4.79 Å². The number of rotatable bonds is 6. The number of piperidine rings is 1. The fourth-order valence-electron chi connectivity index (χ4n) is 2.29. The van der Waals surface area contributed by atoms with Crippen molar-refractivity contribution in [2.45, 2.75) is 25.7 Å². The third kappa shape index (κ3) is 4.24. The van der Waals surface area contributed by atoms with Gasteiger partial charge in [0.2, 0.25) is 5.91 Å². The molecule has 0 bridgehead atoms. The smallest absolute Gasteiger partial charge is 0.222 e. The van der Waals surface area contributed by atoms with Crippen LogP contribution in [0.3, 0.4) is 0 Å². The quantitative estimate of drug-likeness (QED) is 0.847. The highest BCUT2D eigenvalue weighted by Gasteiger charge is 2.17. The number of amides is 1. The summed E-state index contributed by atoms with van der Waals surface area (Å²) in [4.78, 5) is 13.5. The minimum Gasteiger partial charge on any atom is -0.492 e. The van der Waals surface area contributed by atoms with Crippen LogP contribution < -0.4 is 10.5 Å². The van der Waals surface area contributed by atoms with Crippen LogP contribution in [0.4, 0.5) is 0 Å². The number of carbonyl (C=O) groups excluding carboxylic acids is 1. The lowest BCUT2D eigenvalue weighted by Gasteiger charge is -2.26. The van der Waals surface area contributed by atoms with Gasteiger partial charge in [-0.25, -0.2) is 0 Å². The van der Waals surface area contributed by atoms with Gasteiger partial charge in [-0.2, -0.15) is 0 Å². The molecule has 0 saturated carbocycles. The van der Waals surface area contributed by atoms with Crippen LogP contribution in [0.25, 0.3) is 0 Å². The molecule has 1 aliphatic heterocycles. The number of benzene rings is 1. The van der Waals surface area contributed by atoms with Crippen LogP contribution >= 0.6 is 0 Å². The van der Waals surface area contributed by atoms with Crippen molar-refractivity contribution >= 4 is 5.91 Å². The van der Waals surface area contributed by atoms with Crippen LogP contribution in [0.2, 0.25) is 0 Å². The molecule has 1 saturated heterocycles. The van der Waals surface area contributed by atoms with Gasteiger partial charge in [-0.1, -0.05) is 12.1 Å². The molecule has 1 fully saturated rings. The molecule has 104 valence electrons. The Balaban J connectivity index is 1.74. The van der Waals surface area contributed by atoms with Crippen LogP contribution in [0.1, 0.15) is 24.8 Å². The lowest BCUT2D eigenvalue weighted by molar-refractivity contribution is -0.133. The Kier molecular flexibility index (Phi) is 5.21. The molecule has 1 heterocycles. The van der Waals surface area contributed by atoms with Crippen LogP contribution in [0.5, 0.6) is 5.75 Å². The molecule has 1 amide bonds. The molecule has 2 N–H and O–H groups in total. The molecule has 19 heavy (non-hydrogen) atoms. The van der Waals surface area contributed by atoms with Crippen molar-refractivity contribution in [1.29, 1.82) is 0 Å². The van der Waals surface area contributed by atoms with Crippen molar-refractivity contribution in [2.24, 2.45) is 5.73 Å². The fourth-order valence-corrected chi connectivity index (χ4v) is 2.29. The topological polar surface area (TPSA) is 55.6 Å². The van der Waals surface area contributed by atoms with E-state index in [-0.39, 0.29) is 5.91 Å². The molecule has 4 nitrogen and oxygen atoms in total. The van der Waals surface area contributed by atoms with Gasteiger partial charge in [0.15, 0.2) is 0 Å². The van der Waals surface area contributed by atoms with Gasteiger partial charge < -0.3 is 15.4 Å². The molecular weight excluding hydrogens is 240 g/mol. The number of ether oxygens (including phenoxy) is 1. The van der Waals surface area contributed by atoms with E-state index in [1.54, 1.807) is 0 Å². The highest BCUT2D eigenvalue weighted by atomic mass is 16.5. The average Bonchev–Trinajstić information content (AvgIpc) is 2.43. The lowest BCUT2D eigenvalue weighted by Crippen LogP contribution is -2.38. The van der Waals surface area contributed by atoms with E-state index in [1.165, 1.54) is 5.56 Å². The van der Waals surface area contributed by atoms with Crippen LogP contribution in [0, 0.1) is 0 Å². The summed E-state index contributed by atoms with van der Waals surface area (Å²) in [6.45, 7) is 2.78. The second-order valence-electron chi connectivity index (χ2n) is 4.87. The van der Waals surface area contributed by atoms with E-state index < -0.39 is 0 Å². The minimum absolute atomic E-state index is 0.258. The van der Waals surface area contributed by atoms with E-state index >= 15 is 0 Å². The zero-order valence-corrected chi connectivity index (χ0v) is 11.3. The first-order valence-corrected chi connectivity index (χ1v) is 6.99. The Labute approximate surface area is 114 Å². The van der Waals surface area contributed by atoms with E-state index in [4.69, 9.17) is 10.5 Å². The van der Waals surface area contributed by atoms with Crippen LogP contribution in [0.15, 0.2) is 24.3 Å².